The Morgan fingerprint density at radius 2 is 1.76 bits per heavy atom. The van der Waals surface area contributed by atoms with E-state index >= 15 is 0 Å². The highest BCUT2D eigenvalue weighted by atomic mass is 35.5. The number of halogens is 2. The zero-order valence-electron chi connectivity index (χ0n) is 11.6. The molecular weight excluding hydrogens is 291 g/mol. The summed E-state index contributed by atoms with van der Waals surface area (Å²) in [7, 11) is 0.239. The molecule has 0 radical (unpaired) electrons. The highest BCUT2D eigenvalue weighted by Crippen LogP contribution is 2.13. The van der Waals surface area contributed by atoms with Crippen molar-refractivity contribution in [2.24, 2.45) is 0 Å². The second kappa shape index (κ2) is 7.05. The first-order valence-corrected chi connectivity index (χ1v) is 6.91. The van der Waals surface area contributed by atoms with Crippen LogP contribution >= 0.6 is 11.6 Å². The second-order valence-corrected chi connectivity index (χ2v) is 5.46. The van der Waals surface area contributed by atoms with Crippen LogP contribution in [0.4, 0.5) is 4.39 Å². The van der Waals surface area contributed by atoms with Crippen LogP contribution in [0.5, 0.6) is 0 Å². The molecule has 0 aromatic heterocycles. The molecule has 0 atom stereocenters. The lowest BCUT2D eigenvalue weighted by Gasteiger charge is -2.17. The lowest BCUT2D eigenvalue weighted by Crippen LogP contribution is -2.30. The number of hydrogen-bond donors (Lipinski definition) is 2. The van der Waals surface area contributed by atoms with Gasteiger partial charge in [0.05, 0.1) is 0 Å². The van der Waals surface area contributed by atoms with Gasteiger partial charge in [0, 0.05) is 23.7 Å². The third-order valence-electron chi connectivity index (χ3n) is 3.18. The SMILES string of the molecule is CN(Cc1ccc(Cl)cc1)Cc1ccc(B(O)O)cc1F. The summed E-state index contributed by atoms with van der Waals surface area (Å²) in [6, 6.07) is 11.7. The summed E-state index contributed by atoms with van der Waals surface area (Å²) in [4.78, 5) is 1.97. The van der Waals surface area contributed by atoms with Crippen molar-refractivity contribution in [2.45, 2.75) is 13.1 Å². The Balaban J connectivity index is 2.02. The Labute approximate surface area is 128 Å². The average molecular weight is 308 g/mol. The van der Waals surface area contributed by atoms with Gasteiger partial charge in [-0.25, -0.2) is 4.39 Å². The molecule has 0 aliphatic heterocycles. The second-order valence-electron chi connectivity index (χ2n) is 5.02. The monoisotopic (exact) mass is 307 g/mol. The minimum absolute atomic E-state index is 0.150. The molecule has 0 heterocycles. The fourth-order valence-corrected chi connectivity index (χ4v) is 2.23. The Morgan fingerprint density at radius 3 is 2.33 bits per heavy atom. The van der Waals surface area contributed by atoms with Gasteiger partial charge in [0.25, 0.3) is 0 Å². The maximum Gasteiger partial charge on any atom is 0.488 e. The van der Waals surface area contributed by atoms with E-state index in [1.165, 1.54) is 6.07 Å². The molecule has 0 spiro atoms. The molecule has 3 nitrogen and oxygen atoms in total. The molecule has 0 bridgehead atoms. The largest absolute Gasteiger partial charge is 0.488 e. The maximum absolute atomic E-state index is 13.9. The van der Waals surface area contributed by atoms with Crippen molar-refractivity contribution >= 4 is 24.2 Å². The summed E-state index contributed by atoms with van der Waals surface area (Å²) in [5.41, 5.74) is 1.75. The lowest BCUT2D eigenvalue weighted by atomic mass is 9.80. The number of benzene rings is 2. The molecule has 0 fully saturated rings. The predicted octanol–water partition coefficient (Wildman–Crippen LogP) is 1.79. The minimum Gasteiger partial charge on any atom is -0.423 e. The molecule has 21 heavy (non-hydrogen) atoms. The van der Waals surface area contributed by atoms with E-state index < -0.39 is 12.9 Å². The zero-order chi connectivity index (χ0) is 15.4. The molecule has 0 aliphatic carbocycles. The van der Waals surface area contributed by atoms with E-state index in [4.69, 9.17) is 21.6 Å². The molecule has 2 N–H and O–H groups in total. The van der Waals surface area contributed by atoms with E-state index in [0.29, 0.717) is 23.7 Å². The third kappa shape index (κ3) is 4.54. The standard InChI is InChI=1S/C15H16BClFNO2/c1-19(9-11-2-6-14(17)7-3-11)10-12-4-5-13(16(20)21)8-15(12)18/h2-8,20-21H,9-10H2,1H3. The number of nitrogens with zero attached hydrogens (tertiary/aromatic N) is 1. The Bertz CT molecular complexity index is 607. The quantitative estimate of drug-likeness (QED) is 0.828. The maximum atomic E-state index is 13.9. The number of hydrogen-bond acceptors (Lipinski definition) is 3. The summed E-state index contributed by atoms with van der Waals surface area (Å²) in [6.07, 6.45) is 0. The van der Waals surface area contributed by atoms with E-state index in [0.717, 1.165) is 11.6 Å². The molecular formula is C15H16BClFNO2. The van der Waals surface area contributed by atoms with Gasteiger partial charge >= 0.3 is 7.12 Å². The molecule has 0 saturated carbocycles. The van der Waals surface area contributed by atoms with Crippen LogP contribution in [0.2, 0.25) is 5.02 Å². The van der Waals surface area contributed by atoms with E-state index in [1.54, 1.807) is 6.07 Å². The fraction of sp³-hybridized carbons (Fsp3) is 0.200. The highest BCUT2D eigenvalue weighted by Gasteiger charge is 2.14. The Morgan fingerprint density at radius 1 is 1.10 bits per heavy atom. The Kier molecular flexibility index (Phi) is 5.36. The third-order valence-corrected chi connectivity index (χ3v) is 3.43. The van der Waals surface area contributed by atoms with Gasteiger partial charge in [0.1, 0.15) is 5.82 Å². The van der Waals surface area contributed by atoms with Crippen molar-refractivity contribution in [1.29, 1.82) is 0 Å². The Hall–Kier alpha value is -1.40. The molecule has 2 aromatic carbocycles. The van der Waals surface area contributed by atoms with Crippen molar-refractivity contribution < 1.29 is 14.4 Å². The van der Waals surface area contributed by atoms with Crippen molar-refractivity contribution in [1.82, 2.24) is 4.90 Å². The molecule has 2 aromatic rings. The summed E-state index contributed by atoms with van der Waals surface area (Å²) in [5.74, 6) is -0.441. The van der Waals surface area contributed by atoms with Gasteiger partial charge in [0.15, 0.2) is 0 Å². The van der Waals surface area contributed by atoms with Crippen LogP contribution in [0.3, 0.4) is 0 Å². The molecule has 0 saturated heterocycles. The van der Waals surface area contributed by atoms with Crippen LogP contribution in [0, 0.1) is 5.82 Å². The van der Waals surface area contributed by atoms with Crippen LogP contribution in [0.15, 0.2) is 42.5 Å². The first-order valence-electron chi connectivity index (χ1n) is 6.53. The first-order chi connectivity index (χ1) is 9.95. The van der Waals surface area contributed by atoms with Crippen LogP contribution in [-0.2, 0) is 13.1 Å². The van der Waals surface area contributed by atoms with Gasteiger partial charge in [-0.05, 0) is 36.3 Å². The topological polar surface area (TPSA) is 43.7 Å². The summed E-state index contributed by atoms with van der Waals surface area (Å²) in [6.45, 7) is 1.09. The van der Waals surface area contributed by atoms with E-state index in [2.05, 4.69) is 0 Å². The van der Waals surface area contributed by atoms with E-state index in [9.17, 15) is 4.39 Å². The molecule has 6 heteroatoms. The first kappa shape index (κ1) is 16.0. The normalized spacial score (nSPS) is 11.0. The van der Waals surface area contributed by atoms with Gasteiger partial charge in [-0.1, -0.05) is 35.9 Å². The average Bonchev–Trinajstić information content (AvgIpc) is 2.43. The van der Waals surface area contributed by atoms with Crippen LogP contribution in [0.25, 0.3) is 0 Å². The van der Waals surface area contributed by atoms with Crippen LogP contribution in [0.1, 0.15) is 11.1 Å². The van der Waals surface area contributed by atoms with Crippen LogP contribution < -0.4 is 5.46 Å². The van der Waals surface area contributed by atoms with Gasteiger partial charge in [-0.2, -0.15) is 0 Å². The minimum atomic E-state index is -1.65. The molecule has 0 amide bonds. The fourth-order valence-electron chi connectivity index (χ4n) is 2.10. The van der Waals surface area contributed by atoms with E-state index in [1.807, 2.05) is 36.2 Å². The molecule has 110 valence electrons. The summed E-state index contributed by atoms with van der Waals surface area (Å²) < 4.78 is 13.9. The molecule has 2 rings (SSSR count). The lowest BCUT2D eigenvalue weighted by molar-refractivity contribution is 0.313. The summed E-state index contributed by atoms with van der Waals surface area (Å²) in [5, 5.41) is 18.7. The van der Waals surface area contributed by atoms with Crippen molar-refractivity contribution in [3.05, 3.63) is 64.4 Å². The van der Waals surface area contributed by atoms with Crippen molar-refractivity contribution in [2.75, 3.05) is 7.05 Å². The predicted molar refractivity (Wildman–Crippen MR) is 82.8 cm³/mol. The van der Waals surface area contributed by atoms with Gasteiger partial charge in [0.2, 0.25) is 0 Å². The highest BCUT2D eigenvalue weighted by molar-refractivity contribution is 6.58. The van der Waals surface area contributed by atoms with Crippen LogP contribution in [-0.4, -0.2) is 29.1 Å². The van der Waals surface area contributed by atoms with Gasteiger partial charge in [-0.3, -0.25) is 4.90 Å². The van der Waals surface area contributed by atoms with Crippen molar-refractivity contribution in [3.8, 4) is 0 Å². The van der Waals surface area contributed by atoms with E-state index in [-0.39, 0.29) is 5.46 Å². The molecule has 0 aliphatic rings. The summed E-state index contributed by atoms with van der Waals surface area (Å²) >= 11 is 5.84. The number of rotatable bonds is 5. The smallest absolute Gasteiger partial charge is 0.423 e. The molecule has 0 unspecified atom stereocenters. The van der Waals surface area contributed by atoms with Crippen molar-refractivity contribution in [3.63, 3.8) is 0 Å². The van der Waals surface area contributed by atoms with Gasteiger partial charge < -0.3 is 10.0 Å². The zero-order valence-corrected chi connectivity index (χ0v) is 12.4. The van der Waals surface area contributed by atoms with Gasteiger partial charge in [-0.15, -0.1) is 0 Å².